The maximum Gasteiger partial charge on any atom is 0.671 e. The van der Waals surface area contributed by atoms with Crippen LogP contribution in [0.4, 0.5) is 0 Å². The summed E-state index contributed by atoms with van der Waals surface area (Å²) >= 11 is 0. The van der Waals surface area contributed by atoms with E-state index < -0.39 is 9.05 Å². The van der Waals surface area contributed by atoms with Crippen molar-refractivity contribution in [1.29, 1.82) is 0 Å². The Morgan fingerprint density at radius 2 is 1.24 bits per heavy atom. The Bertz CT molecular complexity index is 179. The first-order valence-corrected chi connectivity index (χ1v) is 8.59. The zero-order valence-electron chi connectivity index (χ0n) is 10.8. The Labute approximate surface area is 105 Å². The van der Waals surface area contributed by atoms with E-state index in [9.17, 15) is 0 Å². The second-order valence-electron chi connectivity index (χ2n) is 5.10. The van der Waals surface area contributed by atoms with Crippen molar-refractivity contribution < 1.29 is 18.8 Å². The molecule has 0 atom stereocenters. The topological polar surface area (TPSA) is 69.9 Å². The summed E-state index contributed by atoms with van der Waals surface area (Å²) in [6, 6.07) is 0. The van der Waals surface area contributed by atoms with Crippen LogP contribution in [0.5, 0.6) is 0 Å². The Morgan fingerprint density at radius 3 is 1.41 bits per heavy atom. The highest BCUT2D eigenvalue weighted by Gasteiger charge is 2.29. The van der Waals surface area contributed by atoms with E-state index >= 15 is 0 Å². The average Bonchev–Trinajstić information content (AvgIpc) is 2.28. The smallest absolute Gasteiger partial charge is 0.368 e. The van der Waals surface area contributed by atoms with Crippen molar-refractivity contribution in [3.05, 3.63) is 0 Å². The number of rotatable bonds is 2. The third-order valence-electron chi connectivity index (χ3n) is 3.80. The zero-order chi connectivity index (χ0) is 12.7. The van der Waals surface area contributed by atoms with Gasteiger partial charge in [0.05, 0.1) is 0 Å². The number of hydrogen-bond acceptors (Lipinski definition) is 4. The van der Waals surface area contributed by atoms with Gasteiger partial charge in [0.1, 0.15) is 0 Å². The molecule has 102 valence electrons. The quantitative estimate of drug-likeness (QED) is 0.664. The van der Waals surface area contributed by atoms with Gasteiger partial charge >= 0.3 is 9.05 Å². The van der Waals surface area contributed by atoms with Gasteiger partial charge in [0.25, 0.3) is 0 Å². The summed E-state index contributed by atoms with van der Waals surface area (Å²) in [5.74, 6) is 2.31. The second-order valence-corrected chi connectivity index (χ2v) is 6.53. The summed E-state index contributed by atoms with van der Waals surface area (Å²) in [5, 5.41) is 0. The fraction of sp³-hybridized carbons (Fsp3) is 1.00. The van der Waals surface area contributed by atoms with E-state index in [0.29, 0.717) is 0 Å². The van der Waals surface area contributed by atoms with E-state index in [1.54, 1.807) is 32.6 Å². The van der Waals surface area contributed by atoms with Crippen LogP contribution < -0.4 is 0 Å². The molecule has 2 fully saturated rings. The maximum absolute atomic E-state index is 8.05. The van der Waals surface area contributed by atoms with Gasteiger partial charge in [-0.15, -0.1) is 0 Å². The van der Waals surface area contributed by atoms with Gasteiger partial charge in [0.15, 0.2) is 0 Å². The lowest BCUT2D eigenvalue weighted by Crippen LogP contribution is -2.38. The van der Waals surface area contributed by atoms with Crippen molar-refractivity contribution in [2.24, 2.45) is 11.8 Å². The minimum Gasteiger partial charge on any atom is -0.368 e. The number of fused-ring (bicyclic) bond motifs is 1. The Balaban J connectivity index is 0.000000185. The van der Waals surface area contributed by atoms with E-state index in [1.807, 2.05) is 0 Å². The summed E-state index contributed by atoms with van der Waals surface area (Å²) in [6.07, 6.45) is 12.4. The van der Waals surface area contributed by atoms with Crippen LogP contribution in [0.15, 0.2) is 0 Å². The Hall–Kier alpha value is 0.0569. The predicted octanol–water partition coefficient (Wildman–Crippen LogP) is 1.80. The molecule has 0 saturated heterocycles. The molecule has 0 aromatic carbocycles. The van der Waals surface area contributed by atoms with Crippen LogP contribution in [0.3, 0.4) is 0 Å². The Morgan fingerprint density at radius 1 is 0.882 bits per heavy atom. The van der Waals surface area contributed by atoms with E-state index in [0.717, 1.165) is 11.8 Å². The lowest BCUT2D eigenvalue weighted by Gasteiger charge is -2.35. The van der Waals surface area contributed by atoms with Crippen LogP contribution in [0.1, 0.15) is 58.3 Å². The van der Waals surface area contributed by atoms with Crippen molar-refractivity contribution >= 4 is 9.05 Å². The van der Waals surface area contributed by atoms with Gasteiger partial charge < -0.3 is 18.8 Å². The summed E-state index contributed by atoms with van der Waals surface area (Å²) in [7, 11) is -4.16. The first kappa shape index (κ1) is 15.1. The van der Waals surface area contributed by atoms with E-state index in [-0.39, 0.29) is 6.61 Å². The van der Waals surface area contributed by atoms with Gasteiger partial charge in [-0.2, -0.15) is 0 Å². The molecule has 0 aliphatic heterocycles. The molecule has 0 aromatic heterocycles. The summed E-state index contributed by atoms with van der Waals surface area (Å²) in [5.41, 5.74) is 0. The molecule has 0 spiro atoms. The van der Waals surface area contributed by atoms with Crippen LogP contribution in [-0.2, 0) is 4.43 Å². The summed E-state index contributed by atoms with van der Waals surface area (Å²) < 4.78 is 4.03. The largest absolute Gasteiger partial charge is 0.671 e. The lowest BCUT2D eigenvalue weighted by molar-refractivity contribution is 0.0687. The monoisotopic (exact) mass is 262 g/mol. The molecule has 5 heteroatoms. The Kier molecular flexibility index (Phi) is 6.65. The van der Waals surface area contributed by atoms with Crippen molar-refractivity contribution in [3.63, 3.8) is 0 Å². The first-order chi connectivity index (χ1) is 8.03. The fourth-order valence-corrected chi connectivity index (χ4v) is 3.44. The SMILES string of the molecule is C1CCC2CCCCC2C1.CCO[Si](O)(O)O. The van der Waals surface area contributed by atoms with Crippen LogP contribution >= 0.6 is 0 Å². The number of hydrogen-bond donors (Lipinski definition) is 3. The molecular formula is C12H26O4Si. The van der Waals surface area contributed by atoms with Crippen molar-refractivity contribution in [2.75, 3.05) is 6.61 Å². The van der Waals surface area contributed by atoms with Gasteiger partial charge in [-0.25, -0.2) is 0 Å². The fourth-order valence-electron chi connectivity index (χ4n) is 3.05. The van der Waals surface area contributed by atoms with Crippen LogP contribution in [0, 0.1) is 11.8 Å². The molecule has 0 unspecified atom stereocenters. The highest BCUT2D eigenvalue weighted by molar-refractivity contribution is 6.48. The second kappa shape index (κ2) is 7.48. The summed E-state index contributed by atoms with van der Waals surface area (Å²) in [4.78, 5) is 24.1. The third kappa shape index (κ3) is 6.52. The summed E-state index contributed by atoms with van der Waals surface area (Å²) in [6.45, 7) is 1.68. The van der Waals surface area contributed by atoms with E-state index in [2.05, 4.69) is 4.43 Å². The minimum atomic E-state index is -4.16. The van der Waals surface area contributed by atoms with Gasteiger partial charge in [-0.1, -0.05) is 51.4 Å². The lowest BCUT2D eigenvalue weighted by atomic mass is 9.71. The normalized spacial score (nSPS) is 28.9. The van der Waals surface area contributed by atoms with Crippen LogP contribution in [-0.4, -0.2) is 30.0 Å². The molecule has 0 amide bonds. The van der Waals surface area contributed by atoms with Crippen LogP contribution in [0.2, 0.25) is 0 Å². The molecule has 0 aromatic rings. The van der Waals surface area contributed by atoms with Crippen molar-refractivity contribution in [1.82, 2.24) is 0 Å². The van der Waals surface area contributed by atoms with Gasteiger partial charge in [0, 0.05) is 6.61 Å². The first-order valence-electron chi connectivity index (χ1n) is 6.84. The molecule has 0 radical (unpaired) electrons. The molecule has 2 rings (SSSR count). The molecule has 2 aliphatic carbocycles. The minimum absolute atomic E-state index is 0.121. The molecule has 2 aliphatic rings. The van der Waals surface area contributed by atoms with Gasteiger partial charge in [-0.05, 0) is 18.8 Å². The van der Waals surface area contributed by atoms with Gasteiger partial charge in [0.2, 0.25) is 0 Å². The van der Waals surface area contributed by atoms with E-state index in [4.69, 9.17) is 14.4 Å². The molecule has 2 saturated carbocycles. The standard InChI is InChI=1S/C10H18.C2H8O4Si/c1-2-6-10-8-4-3-7-9(10)5-1;1-2-6-7(3,4)5/h9-10H,1-8H2;3-5H,2H2,1H3. The predicted molar refractivity (Wildman–Crippen MR) is 68.0 cm³/mol. The van der Waals surface area contributed by atoms with E-state index in [1.165, 1.54) is 25.7 Å². The average molecular weight is 262 g/mol. The molecule has 0 heterocycles. The zero-order valence-corrected chi connectivity index (χ0v) is 11.8. The van der Waals surface area contributed by atoms with Crippen LogP contribution in [0.25, 0.3) is 0 Å². The molecule has 4 nitrogen and oxygen atoms in total. The highest BCUT2D eigenvalue weighted by Crippen LogP contribution is 2.39. The van der Waals surface area contributed by atoms with Crippen molar-refractivity contribution in [2.45, 2.75) is 58.3 Å². The molecule has 0 bridgehead atoms. The maximum atomic E-state index is 8.05. The molecule has 17 heavy (non-hydrogen) atoms. The van der Waals surface area contributed by atoms with Crippen molar-refractivity contribution in [3.8, 4) is 0 Å². The molecule has 3 N–H and O–H groups in total. The highest BCUT2D eigenvalue weighted by atomic mass is 28.4. The van der Waals surface area contributed by atoms with Gasteiger partial charge in [-0.3, -0.25) is 0 Å². The molecular weight excluding hydrogens is 236 g/mol. The third-order valence-corrected chi connectivity index (χ3v) is 4.48.